The Morgan fingerprint density at radius 3 is 2.61 bits per heavy atom. The Balaban J connectivity index is 1.73. The largest absolute Gasteiger partial charge is 0.506 e. The molecule has 0 bridgehead atoms. The molecular formula is C24H26N2O4S. The number of aryl methyl sites for hydroxylation is 1. The highest BCUT2D eigenvalue weighted by atomic mass is 32.2. The van der Waals surface area contributed by atoms with E-state index in [0.29, 0.717) is 21.7 Å². The van der Waals surface area contributed by atoms with E-state index in [1.165, 1.54) is 36.0 Å². The van der Waals surface area contributed by atoms with E-state index in [9.17, 15) is 9.90 Å². The topological polar surface area (TPSA) is 73.0 Å². The molecular weight excluding hydrogens is 412 g/mol. The Labute approximate surface area is 186 Å². The maximum absolute atomic E-state index is 12.6. The third-order valence-electron chi connectivity index (χ3n) is 5.40. The van der Waals surface area contributed by atoms with E-state index in [-0.39, 0.29) is 17.9 Å². The van der Waals surface area contributed by atoms with Crippen LogP contribution in [0.2, 0.25) is 0 Å². The summed E-state index contributed by atoms with van der Waals surface area (Å²) >= 11 is 1.27. The molecule has 0 unspecified atom stereocenters. The summed E-state index contributed by atoms with van der Waals surface area (Å²) in [7, 11) is 1.60. The zero-order valence-corrected chi connectivity index (χ0v) is 19.0. The molecule has 0 radical (unpaired) electrons. The molecule has 0 spiro atoms. The van der Waals surface area contributed by atoms with E-state index in [1.54, 1.807) is 38.3 Å². The Bertz CT molecular complexity index is 1110. The maximum atomic E-state index is 12.6. The van der Waals surface area contributed by atoms with Crippen LogP contribution < -0.4 is 4.74 Å². The molecule has 4 rings (SSSR count). The van der Waals surface area contributed by atoms with Gasteiger partial charge in [-0.1, -0.05) is 11.8 Å². The van der Waals surface area contributed by atoms with Gasteiger partial charge in [0.15, 0.2) is 0 Å². The second kappa shape index (κ2) is 8.67. The summed E-state index contributed by atoms with van der Waals surface area (Å²) in [6, 6.07) is 9.91. The fourth-order valence-electron chi connectivity index (χ4n) is 3.75. The first-order chi connectivity index (χ1) is 14.9. The fourth-order valence-corrected chi connectivity index (χ4v) is 4.78. The van der Waals surface area contributed by atoms with Crippen molar-refractivity contribution in [1.82, 2.24) is 4.57 Å². The van der Waals surface area contributed by atoms with Gasteiger partial charge in [-0.05, 0) is 75.6 Å². The number of carbonyl (C=O) groups is 1. The first-order valence-corrected chi connectivity index (χ1v) is 11.2. The summed E-state index contributed by atoms with van der Waals surface area (Å²) in [5, 5.41) is 11.3. The van der Waals surface area contributed by atoms with Crippen molar-refractivity contribution in [2.24, 2.45) is 4.99 Å². The van der Waals surface area contributed by atoms with Crippen molar-refractivity contribution in [2.75, 3.05) is 13.7 Å². The second-order valence-corrected chi connectivity index (χ2v) is 8.63. The number of aliphatic imine (C=N–C) groups is 1. The van der Waals surface area contributed by atoms with Crippen LogP contribution in [0.3, 0.4) is 0 Å². The smallest absolute Gasteiger partial charge is 0.344 e. The lowest BCUT2D eigenvalue weighted by atomic mass is 10.2. The molecule has 1 aliphatic heterocycles. The van der Waals surface area contributed by atoms with Gasteiger partial charge in [-0.2, -0.15) is 0 Å². The van der Waals surface area contributed by atoms with E-state index in [0.717, 1.165) is 11.3 Å². The number of nitrogens with zero attached hydrogens (tertiary/aromatic N) is 2. The molecule has 1 saturated carbocycles. The van der Waals surface area contributed by atoms with Crippen LogP contribution >= 0.6 is 11.8 Å². The number of aliphatic hydroxyl groups is 1. The SMILES string of the molecule is CCOC(=O)C1=C(O)/C(=C/c2cc(C)n(C3CC3)c2C)SC1=Nc1ccc(OC)cc1. The van der Waals surface area contributed by atoms with Gasteiger partial charge in [0.05, 0.1) is 24.3 Å². The minimum Gasteiger partial charge on any atom is -0.506 e. The number of ether oxygens (including phenoxy) is 2. The van der Waals surface area contributed by atoms with E-state index < -0.39 is 5.97 Å². The number of carbonyl (C=O) groups excluding carboxylic acids is 1. The summed E-state index contributed by atoms with van der Waals surface area (Å²) in [4.78, 5) is 17.8. The van der Waals surface area contributed by atoms with Gasteiger partial charge in [0, 0.05) is 17.4 Å². The number of aliphatic hydroxyl groups excluding tert-OH is 1. The molecule has 1 N–H and O–H groups in total. The summed E-state index contributed by atoms with van der Waals surface area (Å²) in [6.07, 6.45) is 4.34. The van der Waals surface area contributed by atoms with Crippen LogP contribution in [0.25, 0.3) is 6.08 Å². The Morgan fingerprint density at radius 2 is 2.00 bits per heavy atom. The van der Waals surface area contributed by atoms with Crippen molar-refractivity contribution < 1.29 is 19.4 Å². The molecule has 31 heavy (non-hydrogen) atoms. The molecule has 162 valence electrons. The number of benzene rings is 1. The Hall–Kier alpha value is -2.93. The molecule has 0 amide bonds. The zero-order valence-electron chi connectivity index (χ0n) is 18.1. The predicted octanol–water partition coefficient (Wildman–Crippen LogP) is 5.64. The number of aromatic nitrogens is 1. The van der Waals surface area contributed by atoms with Crippen LogP contribution in [0, 0.1) is 13.8 Å². The van der Waals surface area contributed by atoms with Gasteiger partial charge in [0.1, 0.15) is 22.1 Å². The number of rotatable bonds is 6. The first-order valence-electron chi connectivity index (χ1n) is 10.3. The number of esters is 1. The third kappa shape index (κ3) is 4.28. The van der Waals surface area contributed by atoms with Crippen molar-refractivity contribution in [2.45, 2.75) is 39.7 Å². The van der Waals surface area contributed by atoms with Crippen LogP contribution in [0.5, 0.6) is 5.75 Å². The maximum Gasteiger partial charge on any atom is 0.344 e. The molecule has 1 aromatic carbocycles. The molecule has 6 nitrogen and oxygen atoms in total. The molecule has 1 aliphatic carbocycles. The standard InChI is InChI=1S/C24H26N2O4S/c1-5-30-24(28)21-22(27)20(13-16-12-14(2)26(15(16)3)18-8-9-18)31-23(21)25-17-6-10-19(29-4)11-7-17/h6-7,10-13,18,27H,5,8-9H2,1-4H3/b20-13-,25-23?. The van der Waals surface area contributed by atoms with Gasteiger partial charge >= 0.3 is 5.97 Å². The monoisotopic (exact) mass is 438 g/mol. The van der Waals surface area contributed by atoms with E-state index in [4.69, 9.17) is 9.47 Å². The third-order valence-corrected chi connectivity index (χ3v) is 6.42. The normalized spacial score (nSPS) is 18.8. The number of methoxy groups -OCH3 is 1. The van der Waals surface area contributed by atoms with Crippen molar-refractivity contribution in [3.8, 4) is 5.75 Å². The van der Waals surface area contributed by atoms with Gasteiger partial charge in [-0.25, -0.2) is 9.79 Å². The van der Waals surface area contributed by atoms with Gasteiger partial charge in [-0.15, -0.1) is 0 Å². The molecule has 2 aromatic rings. The lowest BCUT2D eigenvalue weighted by molar-refractivity contribution is -0.138. The lowest BCUT2D eigenvalue weighted by Gasteiger charge is -2.07. The van der Waals surface area contributed by atoms with Crippen molar-refractivity contribution in [3.05, 3.63) is 63.5 Å². The highest BCUT2D eigenvalue weighted by molar-refractivity contribution is 8.18. The number of hydrogen-bond acceptors (Lipinski definition) is 6. The van der Waals surface area contributed by atoms with Crippen LogP contribution in [0.1, 0.15) is 42.8 Å². The highest BCUT2D eigenvalue weighted by Crippen LogP contribution is 2.42. The highest BCUT2D eigenvalue weighted by Gasteiger charge is 2.34. The van der Waals surface area contributed by atoms with Gasteiger partial charge < -0.3 is 19.1 Å². The van der Waals surface area contributed by atoms with Crippen LogP contribution in [-0.2, 0) is 9.53 Å². The summed E-state index contributed by atoms with van der Waals surface area (Å²) in [6.45, 7) is 6.15. The van der Waals surface area contributed by atoms with E-state index in [1.807, 2.05) is 6.08 Å². The van der Waals surface area contributed by atoms with Gasteiger partial charge in [0.2, 0.25) is 0 Å². The molecule has 1 fully saturated rings. The predicted molar refractivity (Wildman–Crippen MR) is 124 cm³/mol. The van der Waals surface area contributed by atoms with Gasteiger partial charge in [-0.3, -0.25) is 0 Å². The molecule has 2 aliphatic rings. The van der Waals surface area contributed by atoms with Crippen LogP contribution in [0.4, 0.5) is 5.69 Å². The average Bonchev–Trinajstić information content (AvgIpc) is 3.47. The minimum atomic E-state index is -0.577. The first kappa shape index (κ1) is 21.3. The molecule has 7 heteroatoms. The lowest BCUT2D eigenvalue weighted by Crippen LogP contribution is -2.12. The quantitative estimate of drug-likeness (QED) is 0.591. The summed E-state index contributed by atoms with van der Waals surface area (Å²) < 4.78 is 12.7. The Morgan fingerprint density at radius 1 is 1.29 bits per heavy atom. The molecule has 0 atom stereocenters. The zero-order chi connectivity index (χ0) is 22.1. The Kier molecular flexibility index (Phi) is 5.96. The summed E-state index contributed by atoms with van der Waals surface area (Å²) in [5.41, 5.74) is 4.17. The fraction of sp³-hybridized carbons (Fsp3) is 0.333. The van der Waals surface area contributed by atoms with E-state index in [2.05, 4.69) is 29.5 Å². The van der Waals surface area contributed by atoms with E-state index >= 15 is 0 Å². The van der Waals surface area contributed by atoms with Crippen molar-refractivity contribution in [3.63, 3.8) is 0 Å². The molecule has 2 heterocycles. The molecule has 1 aromatic heterocycles. The summed E-state index contributed by atoms with van der Waals surface area (Å²) in [5.74, 6) is 0.0530. The minimum absolute atomic E-state index is 0.0908. The van der Waals surface area contributed by atoms with Crippen molar-refractivity contribution in [1.29, 1.82) is 0 Å². The van der Waals surface area contributed by atoms with Crippen LogP contribution in [0.15, 0.2) is 51.6 Å². The molecule has 0 saturated heterocycles. The van der Waals surface area contributed by atoms with Gasteiger partial charge in [0.25, 0.3) is 0 Å². The van der Waals surface area contributed by atoms with Crippen LogP contribution in [-0.4, -0.2) is 34.4 Å². The number of thioether (sulfide) groups is 1. The van der Waals surface area contributed by atoms with Crippen molar-refractivity contribution >= 4 is 34.5 Å². The number of hydrogen-bond donors (Lipinski definition) is 1. The second-order valence-electron chi connectivity index (χ2n) is 7.60. The average molecular weight is 439 g/mol.